The number of hydrogen-bond acceptors (Lipinski definition) is 1. The molecule has 0 aliphatic rings. The van der Waals surface area contributed by atoms with E-state index >= 15 is 0 Å². The third kappa shape index (κ3) is 11.6. The van der Waals surface area contributed by atoms with Gasteiger partial charge in [0.15, 0.2) is 0 Å². The summed E-state index contributed by atoms with van der Waals surface area (Å²) >= 11 is 7.15. The van der Waals surface area contributed by atoms with Gasteiger partial charge in [-0.3, -0.25) is 0 Å². The number of halogens is 2. The van der Waals surface area contributed by atoms with E-state index in [0.29, 0.717) is 0 Å². The Hall–Kier alpha value is -0.0200. The highest BCUT2D eigenvalue weighted by molar-refractivity contribution is 9.11. The third-order valence-electron chi connectivity index (χ3n) is 5.02. The minimum atomic E-state index is 0.819. The predicted molar refractivity (Wildman–Crippen MR) is 122 cm³/mol. The molecule has 0 saturated heterocycles. The van der Waals surface area contributed by atoms with E-state index in [-0.39, 0.29) is 0 Å². The number of hydrogen-bond donors (Lipinski definition) is 0. The molecule has 0 aliphatic carbocycles. The zero-order valence-corrected chi connectivity index (χ0v) is 20.1. The van der Waals surface area contributed by atoms with Gasteiger partial charge in [0.05, 0.1) is 6.61 Å². The van der Waals surface area contributed by atoms with Gasteiger partial charge in [-0.2, -0.15) is 0 Å². The van der Waals surface area contributed by atoms with Gasteiger partial charge in [0.1, 0.15) is 5.75 Å². The summed E-state index contributed by atoms with van der Waals surface area (Å²) in [7, 11) is 0. The average molecular weight is 490 g/mol. The molecule has 0 amide bonds. The fourth-order valence-electron chi connectivity index (χ4n) is 3.19. The minimum absolute atomic E-state index is 0.819. The summed E-state index contributed by atoms with van der Waals surface area (Å²) in [5.74, 6) is 0.948. The van der Waals surface area contributed by atoms with Crippen molar-refractivity contribution in [3.05, 3.63) is 26.6 Å². The van der Waals surface area contributed by atoms with Crippen LogP contribution in [0.4, 0.5) is 0 Å². The van der Waals surface area contributed by atoms with Gasteiger partial charge in [-0.1, -0.05) is 122 Å². The Balaban J connectivity index is 1.87. The summed E-state index contributed by atoms with van der Waals surface area (Å²) in [5, 5.41) is 0. The predicted octanol–water partition coefficient (Wildman–Crippen LogP) is 9.38. The first-order chi connectivity index (χ1) is 12.6. The molecule has 1 aromatic rings. The summed E-state index contributed by atoms with van der Waals surface area (Å²) in [4.78, 5) is 0. The van der Waals surface area contributed by atoms with E-state index in [1.54, 1.807) is 0 Å². The lowest BCUT2D eigenvalue weighted by Crippen LogP contribution is -1.98. The molecule has 26 heavy (non-hydrogen) atoms. The molecule has 0 radical (unpaired) electrons. The average Bonchev–Trinajstić information content (AvgIpc) is 2.62. The lowest BCUT2D eigenvalue weighted by molar-refractivity contribution is 0.304. The fourth-order valence-corrected chi connectivity index (χ4v) is 4.34. The minimum Gasteiger partial charge on any atom is -0.494 e. The van der Waals surface area contributed by atoms with Crippen molar-refractivity contribution >= 4 is 31.9 Å². The molecule has 0 bridgehead atoms. The van der Waals surface area contributed by atoms with E-state index in [4.69, 9.17) is 4.74 Å². The highest BCUT2D eigenvalue weighted by atomic mass is 79.9. The Bertz CT molecular complexity index is 450. The van der Waals surface area contributed by atoms with Crippen LogP contribution in [0.2, 0.25) is 0 Å². The first-order valence-corrected chi connectivity index (χ1v) is 12.3. The normalized spacial score (nSPS) is 11.1. The van der Waals surface area contributed by atoms with Crippen LogP contribution in [-0.2, 0) is 0 Å². The molecule has 0 heterocycles. The molecular formula is C23H38Br2O. The molecule has 0 aromatic heterocycles. The van der Waals surface area contributed by atoms with E-state index in [0.717, 1.165) is 27.7 Å². The zero-order chi connectivity index (χ0) is 19.0. The van der Waals surface area contributed by atoms with E-state index in [2.05, 4.69) is 57.8 Å². The van der Waals surface area contributed by atoms with Crippen LogP contribution in [0.15, 0.2) is 21.1 Å². The maximum absolute atomic E-state index is 5.87. The van der Waals surface area contributed by atoms with Gasteiger partial charge >= 0.3 is 0 Å². The van der Waals surface area contributed by atoms with E-state index in [1.807, 2.05) is 0 Å². The topological polar surface area (TPSA) is 9.23 Å². The molecule has 1 nitrogen and oxygen atoms in total. The van der Waals surface area contributed by atoms with Crippen molar-refractivity contribution in [2.75, 3.05) is 6.61 Å². The van der Waals surface area contributed by atoms with Gasteiger partial charge < -0.3 is 4.74 Å². The van der Waals surface area contributed by atoms with E-state index in [9.17, 15) is 0 Å². The van der Waals surface area contributed by atoms with Crippen molar-refractivity contribution in [2.24, 2.45) is 0 Å². The molecule has 1 rings (SSSR count). The van der Waals surface area contributed by atoms with Crippen molar-refractivity contribution < 1.29 is 4.74 Å². The Labute approximate surface area is 178 Å². The second-order valence-electron chi connectivity index (χ2n) is 7.46. The number of unbranched alkanes of at least 4 members (excludes halogenated alkanes) is 13. The van der Waals surface area contributed by atoms with Crippen LogP contribution in [0.3, 0.4) is 0 Å². The highest BCUT2D eigenvalue weighted by Crippen LogP contribution is 2.30. The lowest BCUT2D eigenvalue weighted by Gasteiger charge is -2.09. The molecule has 0 saturated carbocycles. The van der Waals surface area contributed by atoms with Crippen LogP contribution in [0.25, 0.3) is 0 Å². The molecular weight excluding hydrogens is 452 g/mol. The maximum atomic E-state index is 5.87. The third-order valence-corrected chi connectivity index (χ3v) is 6.67. The number of rotatable bonds is 16. The number of benzene rings is 1. The van der Waals surface area contributed by atoms with E-state index in [1.165, 1.54) is 89.0 Å². The maximum Gasteiger partial charge on any atom is 0.121 e. The molecule has 0 N–H and O–H groups in total. The molecule has 1 aromatic carbocycles. The van der Waals surface area contributed by atoms with Crippen LogP contribution in [-0.4, -0.2) is 6.61 Å². The van der Waals surface area contributed by atoms with Crippen molar-refractivity contribution in [1.29, 1.82) is 0 Å². The highest BCUT2D eigenvalue weighted by Gasteiger charge is 2.04. The molecule has 0 unspecified atom stereocenters. The quantitative estimate of drug-likeness (QED) is 0.210. The van der Waals surface area contributed by atoms with Gasteiger partial charge in [-0.25, -0.2) is 0 Å². The van der Waals surface area contributed by atoms with Crippen LogP contribution in [0.1, 0.15) is 102 Å². The summed E-state index contributed by atoms with van der Waals surface area (Å²) in [6.45, 7) is 5.20. The van der Waals surface area contributed by atoms with Crippen LogP contribution >= 0.6 is 31.9 Å². The Morgan fingerprint density at radius 2 is 1.04 bits per heavy atom. The van der Waals surface area contributed by atoms with Gasteiger partial charge in [0.2, 0.25) is 0 Å². The SMILES string of the molecule is CCCCCCCCCCCCCCCCOc1cc(Br)c(C)c(Br)c1. The molecule has 3 heteroatoms. The molecule has 0 aliphatic heterocycles. The largest absolute Gasteiger partial charge is 0.494 e. The van der Waals surface area contributed by atoms with Gasteiger partial charge in [-0.05, 0) is 31.0 Å². The second kappa shape index (κ2) is 16.0. The Kier molecular flexibility index (Phi) is 14.8. The summed E-state index contributed by atoms with van der Waals surface area (Å²) in [5.41, 5.74) is 1.22. The van der Waals surface area contributed by atoms with Crippen molar-refractivity contribution in [1.82, 2.24) is 0 Å². The lowest BCUT2D eigenvalue weighted by atomic mass is 10.0. The monoisotopic (exact) mass is 488 g/mol. The summed E-state index contributed by atoms with van der Waals surface area (Å²) in [6, 6.07) is 4.12. The van der Waals surface area contributed by atoms with Gasteiger partial charge in [0.25, 0.3) is 0 Å². The standard InChI is InChI=1S/C23H38Br2O/c1-3-4-5-6-7-8-9-10-11-12-13-14-15-16-17-26-21-18-22(24)20(2)23(25)19-21/h18-19H,3-17H2,1-2H3. The van der Waals surface area contributed by atoms with Crippen molar-refractivity contribution in [2.45, 2.75) is 104 Å². The molecule has 0 spiro atoms. The Morgan fingerprint density at radius 3 is 1.46 bits per heavy atom. The Morgan fingerprint density at radius 1 is 0.654 bits per heavy atom. The molecule has 0 fully saturated rings. The van der Waals surface area contributed by atoms with Crippen molar-refractivity contribution in [3.8, 4) is 5.75 Å². The first-order valence-electron chi connectivity index (χ1n) is 10.7. The van der Waals surface area contributed by atoms with Crippen LogP contribution in [0, 0.1) is 6.92 Å². The molecule has 0 atom stereocenters. The van der Waals surface area contributed by atoms with Gasteiger partial charge in [0, 0.05) is 8.95 Å². The second-order valence-corrected chi connectivity index (χ2v) is 9.17. The molecule has 150 valence electrons. The van der Waals surface area contributed by atoms with Gasteiger partial charge in [-0.15, -0.1) is 0 Å². The first kappa shape index (κ1) is 24.0. The number of ether oxygens (including phenoxy) is 1. The van der Waals surface area contributed by atoms with Crippen LogP contribution in [0.5, 0.6) is 5.75 Å². The summed E-state index contributed by atoms with van der Waals surface area (Å²) < 4.78 is 8.07. The fraction of sp³-hybridized carbons (Fsp3) is 0.739. The summed E-state index contributed by atoms with van der Waals surface area (Å²) in [6.07, 6.45) is 19.5. The van der Waals surface area contributed by atoms with E-state index < -0.39 is 0 Å². The van der Waals surface area contributed by atoms with Crippen molar-refractivity contribution in [3.63, 3.8) is 0 Å². The zero-order valence-electron chi connectivity index (χ0n) is 16.9. The van der Waals surface area contributed by atoms with Crippen LogP contribution < -0.4 is 4.74 Å². The smallest absolute Gasteiger partial charge is 0.121 e.